The first kappa shape index (κ1) is 18.0. The van der Waals surface area contributed by atoms with E-state index in [1.165, 1.54) is 0 Å². The van der Waals surface area contributed by atoms with Gasteiger partial charge in [0, 0.05) is 37.8 Å². The van der Waals surface area contributed by atoms with Crippen molar-refractivity contribution in [2.24, 2.45) is 0 Å². The van der Waals surface area contributed by atoms with Gasteiger partial charge in [0.25, 0.3) is 0 Å². The molecule has 0 aliphatic carbocycles. The molecule has 1 aromatic carbocycles. The monoisotopic (exact) mass is 303 g/mol. The summed E-state index contributed by atoms with van der Waals surface area (Å²) in [5.41, 5.74) is 1.44. The van der Waals surface area contributed by atoms with E-state index in [-0.39, 0.29) is 36.6 Å². The quantitative estimate of drug-likeness (QED) is 0.878. The molecule has 1 aromatic rings. The van der Waals surface area contributed by atoms with Gasteiger partial charge >= 0.3 is 0 Å². The molecule has 0 amide bonds. The Labute approximate surface area is 126 Å². The van der Waals surface area contributed by atoms with Crippen molar-refractivity contribution in [3.05, 3.63) is 29.3 Å². The van der Waals surface area contributed by atoms with Gasteiger partial charge in [-0.25, -0.2) is 0 Å². The Morgan fingerprint density at radius 1 is 1.32 bits per heavy atom. The first-order valence-corrected chi connectivity index (χ1v) is 5.90. The summed E-state index contributed by atoms with van der Waals surface area (Å²) in [6, 6.07) is 7.28. The number of aromatic hydroxyl groups is 1. The first-order valence-electron chi connectivity index (χ1n) is 5.90. The molecule has 0 saturated carbocycles. The van der Waals surface area contributed by atoms with Gasteiger partial charge < -0.3 is 10.4 Å². The Balaban J connectivity index is 0.00000162. The van der Waals surface area contributed by atoms with E-state index in [0.29, 0.717) is 5.56 Å². The van der Waals surface area contributed by atoms with Gasteiger partial charge in [0.05, 0.1) is 11.6 Å². The second-order valence-corrected chi connectivity index (χ2v) is 4.35. The molecule has 0 aromatic heterocycles. The van der Waals surface area contributed by atoms with Gasteiger partial charge in [-0.05, 0) is 25.1 Å². The Morgan fingerprint density at radius 2 is 1.95 bits per heavy atom. The van der Waals surface area contributed by atoms with Crippen molar-refractivity contribution in [3.63, 3.8) is 0 Å². The number of phenolic OH excluding ortho intramolecular Hbond substituents is 1. The van der Waals surface area contributed by atoms with Crippen molar-refractivity contribution in [1.82, 2.24) is 10.2 Å². The van der Waals surface area contributed by atoms with Gasteiger partial charge in [-0.1, -0.05) is 0 Å². The first-order chi connectivity index (χ1) is 8.22. The third kappa shape index (κ3) is 4.26. The molecule has 0 unspecified atom stereocenters. The van der Waals surface area contributed by atoms with Crippen LogP contribution in [0.2, 0.25) is 0 Å². The molecule has 1 aliphatic rings. The molecule has 2 rings (SSSR count). The molecule has 4 nitrogen and oxygen atoms in total. The Morgan fingerprint density at radius 3 is 2.53 bits per heavy atom. The van der Waals surface area contributed by atoms with Crippen LogP contribution in [0.4, 0.5) is 0 Å². The second kappa shape index (κ2) is 8.23. The lowest BCUT2D eigenvalue weighted by atomic mass is 10.0. The number of nitrogens with one attached hydrogen (secondary N) is 1. The highest BCUT2D eigenvalue weighted by Crippen LogP contribution is 2.29. The molecule has 0 bridgehead atoms. The predicted molar refractivity (Wildman–Crippen MR) is 80.2 cm³/mol. The van der Waals surface area contributed by atoms with E-state index in [2.05, 4.69) is 23.2 Å². The van der Waals surface area contributed by atoms with E-state index < -0.39 is 0 Å². The highest BCUT2D eigenvalue weighted by atomic mass is 35.5. The zero-order valence-electron chi connectivity index (χ0n) is 10.8. The summed E-state index contributed by atoms with van der Waals surface area (Å²) in [5.74, 6) is 0.273. The highest BCUT2D eigenvalue weighted by molar-refractivity contribution is 5.85. The second-order valence-electron chi connectivity index (χ2n) is 4.35. The van der Waals surface area contributed by atoms with Crippen LogP contribution in [0.3, 0.4) is 0 Å². The number of nitrogens with zero attached hydrogens (tertiary/aromatic N) is 2. The van der Waals surface area contributed by atoms with E-state index in [9.17, 15) is 5.11 Å². The Bertz CT molecular complexity index is 442. The van der Waals surface area contributed by atoms with Gasteiger partial charge in [-0.15, -0.1) is 24.8 Å². The fourth-order valence-corrected chi connectivity index (χ4v) is 2.22. The zero-order valence-corrected chi connectivity index (χ0v) is 12.4. The number of hydrogen-bond donors (Lipinski definition) is 2. The van der Waals surface area contributed by atoms with Crippen LogP contribution in [0.1, 0.15) is 24.1 Å². The van der Waals surface area contributed by atoms with Crippen molar-refractivity contribution >= 4 is 24.8 Å². The van der Waals surface area contributed by atoms with Crippen molar-refractivity contribution in [1.29, 1.82) is 5.26 Å². The van der Waals surface area contributed by atoms with Crippen LogP contribution < -0.4 is 5.32 Å². The number of benzene rings is 1. The number of phenols is 1. The van der Waals surface area contributed by atoms with Crippen LogP contribution in [0.5, 0.6) is 5.75 Å². The van der Waals surface area contributed by atoms with E-state index in [1.54, 1.807) is 18.2 Å². The number of hydrogen-bond acceptors (Lipinski definition) is 4. The fourth-order valence-electron chi connectivity index (χ4n) is 2.22. The Kier molecular flexibility index (Phi) is 7.81. The summed E-state index contributed by atoms with van der Waals surface area (Å²) in [6.07, 6.45) is 0. The van der Waals surface area contributed by atoms with Crippen LogP contribution >= 0.6 is 24.8 Å². The van der Waals surface area contributed by atoms with Crippen molar-refractivity contribution in [3.8, 4) is 11.8 Å². The summed E-state index contributed by atoms with van der Waals surface area (Å²) in [5, 5.41) is 22.1. The van der Waals surface area contributed by atoms with E-state index >= 15 is 0 Å². The summed E-state index contributed by atoms with van der Waals surface area (Å²) in [4.78, 5) is 2.31. The predicted octanol–water partition coefficient (Wildman–Crippen LogP) is 2.07. The minimum atomic E-state index is 0. The lowest BCUT2D eigenvalue weighted by Gasteiger charge is -2.33. The summed E-state index contributed by atoms with van der Waals surface area (Å²) < 4.78 is 0. The molecule has 0 radical (unpaired) electrons. The normalized spacial score (nSPS) is 16.6. The number of nitriles is 1. The lowest BCUT2D eigenvalue weighted by molar-refractivity contribution is 0.183. The molecule has 106 valence electrons. The van der Waals surface area contributed by atoms with Crippen LogP contribution in [0, 0.1) is 11.3 Å². The van der Waals surface area contributed by atoms with E-state index in [4.69, 9.17) is 5.26 Å². The van der Waals surface area contributed by atoms with Crippen molar-refractivity contribution in [2.75, 3.05) is 26.2 Å². The molecule has 1 saturated heterocycles. The van der Waals surface area contributed by atoms with E-state index in [1.807, 2.05) is 0 Å². The minimum Gasteiger partial charge on any atom is -0.508 e. The third-order valence-corrected chi connectivity index (χ3v) is 3.31. The molecule has 1 fully saturated rings. The minimum absolute atomic E-state index is 0. The highest BCUT2D eigenvalue weighted by Gasteiger charge is 2.20. The molecule has 19 heavy (non-hydrogen) atoms. The standard InChI is InChI=1S/C13H17N3O.2ClH/c1-10(16-6-4-15-5-7-16)12-8-11(9-14)2-3-13(12)17;;/h2-3,8,10,15,17H,4-7H2,1H3;2*1H/t10-;;/m1../s1. The SMILES string of the molecule is C[C@H](c1cc(C#N)ccc1O)N1CCNCC1.Cl.Cl. The van der Waals surface area contributed by atoms with Gasteiger partial charge in [0.15, 0.2) is 0 Å². The maximum absolute atomic E-state index is 9.88. The topological polar surface area (TPSA) is 59.3 Å². The number of piperazine rings is 1. The van der Waals surface area contributed by atoms with Crippen LogP contribution in [0.25, 0.3) is 0 Å². The Hall–Kier alpha value is -0.990. The number of halogens is 2. The third-order valence-electron chi connectivity index (χ3n) is 3.31. The van der Waals surface area contributed by atoms with Crippen LogP contribution in [0.15, 0.2) is 18.2 Å². The van der Waals surface area contributed by atoms with Crippen LogP contribution in [-0.4, -0.2) is 36.2 Å². The van der Waals surface area contributed by atoms with Gasteiger partial charge in [-0.3, -0.25) is 4.90 Å². The van der Waals surface area contributed by atoms with Crippen molar-refractivity contribution in [2.45, 2.75) is 13.0 Å². The number of rotatable bonds is 2. The molecular weight excluding hydrogens is 285 g/mol. The summed E-state index contributed by atoms with van der Waals surface area (Å²) >= 11 is 0. The average molecular weight is 304 g/mol. The molecule has 0 spiro atoms. The van der Waals surface area contributed by atoms with Crippen LogP contribution in [-0.2, 0) is 0 Å². The van der Waals surface area contributed by atoms with Gasteiger partial charge in [0.2, 0.25) is 0 Å². The average Bonchev–Trinajstić information content (AvgIpc) is 2.39. The van der Waals surface area contributed by atoms with E-state index in [0.717, 1.165) is 31.7 Å². The smallest absolute Gasteiger partial charge is 0.120 e. The zero-order chi connectivity index (χ0) is 12.3. The fraction of sp³-hybridized carbons (Fsp3) is 0.462. The molecule has 1 atom stereocenters. The molecule has 1 heterocycles. The largest absolute Gasteiger partial charge is 0.508 e. The maximum Gasteiger partial charge on any atom is 0.120 e. The van der Waals surface area contributed by atoms with Gasteiger partial charge in [0.1, 0.15) is 5.75 Å². The van der Waals surface area contributed by atoms with Crippen molar-refractivity contribution < 1.29 is 5.11 Å². The molecule has 2 N–H and O–H groups in total. The summed E-state index contributed by atoms with van der Waals surface area (Å²) in [6.45, 7) is 5.96. The summed E-state index contributed by atoms with van der Waals surface area (Å²) in [7, 11) is 0. The van der Waals surface area contributed by atoms with Gasteiger partial charge in [-0.2, -0.15) is 5.26 Å². The maximum atomic E-state index is 9.88. The molecule has 1 aliphatic heterocycles. The molecular formula is C13H19Cl2N3O. The lowest BCUT2D eigenvalue weighted by Crippen LogP contribution is -2.44. The molecule has 6 heteroatoms.